The zero-order valence-corrected chi connectivity index (χ0v) is 8.72. The first-order valence-corrected chi connectivity index (χ1v) is 5.13. The van der Waals surface area contributed by atoms with Gasteiger partial charge in [-0.15, -0.1) is 0 Å². The molecule has 16 heavy (non-hydrogen) atoms. The summed E-state index contributed by atoms with van der Waals surface area (Å²) in [7, 11) is 0. The van der Waals surface area contributed by atoms with Crippen LogP contribution in [0.1, 0.15) is 23.2 Å². The van der Waals surface area contributed by atoms with Gasteiger partial charge in [0.2, 0.25) is 0 Å². The molecular weight excluding hydrogens is 208 g/mol. The van der Waals surface area contributed by atoms with E-state index in [9.17, 15) is 9.59 Å². The van der Waals surface area contributed by atoms with Crippen molar-refractivity contribution in [1.29, 1.82) is 0 Å². The molecule has 0 saturated carbocycles. The number of pyridine rings is 1. The van der Waals surface area contributed by atoms with E-state index in [2.05, 4.69) is 4.98 Å². The maximum Gasteiger partial charge on any atom is 0.335 e. The minimum absolute atomic E-state index is 0.224. The zero-order chi connectivity index (χ0) is 11.5. The topological polar surface area (TPSA) is 70.5 Å². The molecule has 0 aromatic carbocycles. The number of aromatic carboxylic acids is 1. The van der Waals surface area contributed by atoms with Gasteiger partial charge in [0.15, 0.2) is 0 Å². The monoisotopic (exact) mass is 220 g/mol. The van der Waals surface area contributed by atoms with E-state index in [0.29, 0.717) is 31.7 Å². The van der Waals surface area contributed by atoms with Crippen LogP contribution in [0.5, 0.6) is 0 Å². The molecule has 5 heteroatoms. The predicted molar refractivity (Wildman–Crippen MR) is 57.7 cm³/mol. The van der Waals surface area contributed by atoms with Crippen molar-refractivity contribution in [3.63, 3.8) is 0 Å². The van der Waals surface area contributed by atoms with Crippen molar-refractivity contribution in [2.45, 2.75) is 12.8 Å². The Morgan fingerprint density at radius 3 is 2.69 bits per heavy atom. The summed E-state index contributed by atoms with van der Waals surface area (Å²) in [5.41, 5.74) is 0.224. The first-order valence-electron chi connectivity index (χ1n) is 5.13. The molecule has 0 spiro atoms. The molecule has 2 rings (SSSR count). The van der Waals surface area contributed by atoms with Gasteiger partial charge in [0.25, 0.3) is 0 Å². The van der Waals surface area contributed by atoms with E-state index in [1.54, 1.807) is 0 Å². The minimum Gasteiger partial charge on any atom is -0.478 e. The van der Waals surface area contributed by atoms with Gasteiger partial charge in [-0.25, -0.2) is 9.78 Å². The lowest BCUT2D eigenvalue weighted by Gasteiger charge is -2.27. The third-order valence-corrected chi connectivity index (χ3v) is 2.64. The van der Waals surface area contributed by atoms with E-state index >= 15 is 0 Å². The molecule has 2 heterocycles. The van der Waals surface area contributed by atoms with Crippen LogP contribution in [-0.2, 0) is 4.79 Å². The van der Waals surface area contributed by atoms with Crippen LogP contribution in [0.15, 0.2) is 18.3 Å². The molecule has 0 radical (unpaired) electrons. The molecule has 1 aliphatic rings. The van der Waals surface area contributed by atoms with Crippen molar-refractivity contribution in [2.75, 3.05) is 18.0 Å². The van der Waals surface area contributed by atoms with Gasteiger partial charge in [-0.3, -0.25) is 4.79 Å². The van der Waals surface area contributed by atoms with Crippen molar-refractivity contribution < 1.29 is 14.7 Å². The molecule has 0 amide bonds. The smallest absolute Gasteiger partial charge is 0.335 e. The third kappa shape index (κ3) is 2.18. The molecular formula is C11H12N2O3. The first-order chi connectivity index (χ1) is 7.66. The average molecular weight is 220 g/mol. The van der Waals surface area contributed by atoms with Crippen molar-refractivity contribution in [1.82, 2.24) is 4.98 Å². The van der Waals surface area contributed by atoms with Gasteiger partial charge in [0.1, 0.15) is 11.6 Å². The summed E-state index contributed by atoms with van der Waals surface area (Å²) in [6, 6.07) is 3.00. The molecule has 1 fully saturated rings. The second kappa shape index (κ2) is 4.30. The summed E-state index contributed by atoms with van der Waals surface area (Å²) in [5, 5.41) is 8.85. The highest BCUT2D eigenvalue weighted by molar-refractivity contribution is 5.88. The summed E-state index contributed by atoms with van der Waals surface area (Å²) in [6.45, 7) is 1.24. The lowest BCUT2D eigenvalue weighted by Crippen LogP contribution is -2.34. The van der Waals surface area contributed by atoms with Gasteiger partial charge in [-0.05, 0) is 12.1 Å². The summed E-state index contributed by atoms with van der Waals surface area (Å²) in [6.07, 6.45) is 2.51. The number of anilines is 1. The average Bonchev–Trinajstić information content (AvgIpc) is 2.30. The largest absolute Gasteiger partial charge is 0.478 e. The molecule has 1 N–H and O–H groups in total. The number of carboxylic acids is 1. The van der Waals surface area contributed by atoms with Gasteiger partial charge >= 0.3 is 5.97 Å². The van der Waals surface area contributed by atoms with Crippen LogP contribution in [0.2, 0.25) is 0 Å². The number of aromatic nitrogens is 1. The summed E-state index contributed by atoms with van der Waals surface area (Å²) < 4.78 is 0. The molecule has 1 aromatic rings. The number of carbonyl (C=O) groups is 2. The molecule has 0 atom stereocenters. The molecule has 5 nitrogen and oxygen atoms in total. The summed E-state index contributed by atoms with van der Waals surface area (Å²) >= 11 is 0. The van der Waals surface area contributed by atoms with Crippen LogP contribution >= 0.6 is 0 Å². The third-order valence-electron chi connectivity index (χ3n) is 2.64. The number of carboxylic acid groups (broad SMARTS) is 1. The fourth-order valence-electron chi connectivity index (χ4n) is 1.71. The van der Waals surface area contributed by atoms with Gasteiger partial charge in [0, 0.05) is 32.1 Å². The Morgan fingerprint density at radius 2 is 2.06 bits per heavy atom. The van der Waals surface area contributed by atoms with E-state index in [4.69, 9.17) is 5.11 Å². The van der Waals surface area contributed by atoms with E-state index in [0.717, 1.165) is 0 Å². The SMILES string of the molecule is O=C1CCN(c2cc(C(=O)O)ccn2)CC1. The Morgan fingerprint density at radius 1 is 1.38 bits per heavy atom. The summed E-state index contributed by atoms with van der Waals surface area (Å²) in [5.74, 6) is -0.0743. The van der Waals surface area contributed by atoms with Crippen LogP contribution in [0.3, 0.4) is 0 Å². The Balaban J connectivity index is 2.17. The van der Waals surface area contributed by atoms with Crippen LogP contribution in [0, 0.1) is 0 Å². The van der Waals surface area contributed by atoms with Crippen LogP contribution in [0.25, 0.3) is 0 Å². The van der Waals surface area contributed by atoms with Crippen molar-refractivity contribution in [2.24, 2.45) is 0 Å². The highest BCUT2D eigenvalue weighted by Crippen LogP contribution is 2.16. The number of hydrogen-bond acceptors (Lipinski definition) is 4. The molecule has 1 aliphatic heterocycles. The van der Waals surface area contributed by atoms with E-state index in [1.165, 1.54) is 18.3 Å². The van der Waals surface area contributed by atoms with Crippen molar-refractivity contribution >= 4 is 17.6 Å². The Hall–Kier alpha value is -1.91. The number of nitrogens with zero attached hydrogens (tertiary/aromatic N) is 2. The number of carbonyl (C=O) groups excluding carboxylic acids is 1. The summed E-state index contributed by atoms with van der Waals surface area (Å²) in [4.78, 5) is 27.9. The van der Waals surface area contributed by atoms with Crippen LogP contribution < -0.4 is 4.90 Å². The van der Waals surface area contributed by atoms with Crippen LogP contribution in [0.4, 0.5) is 5.82 Å². The lowest BCUT2D eigenvalue weighted by molar-refractivity contribution is -0.119. The molecule has 0 aliphatic carbocycles. The molecule has 1 aromatic heterocycles. The molecule has 1 saturated heterocycles. The maximum absolute atomic E-state index is 11.1. The van der Waals surface area contributed by atoms with Crippen molar-refractivity contribution in [3.05, 3.63) is 23.9 Å². The normalized spacial score (nSPS) is 16.2. The number of hydrogen-bond donors (Lipinski definition) is 1. The molecule has 0 bridgehead atoms. The fraction of sp³-hybridized carbons (Fsp3) is 0.364. The number of Topliss-reactive ketones (excluding diaryl/α,β-unsaturated/α-hetero) is 1. The quantitative estimate of drug-likeness (QED) is 0.803. The van der Waals surface area contributed by atoms with Gasteiger partial charge in [0.05, 0.1) is 5.56 Å². The van der Waals surface area contributed by atoms with Crippen molar-refractivity contribution in [3.8, 4) is 0 Å². The number of rotatable bonds is 2. The zero-order valence-electron chi connectivity index (χ0n) is 8.72. The Labute approximate surface area is 92.7 Å². The highest BCUT2D eigenvalue weighted by atomic mass is 16.4. The second-order valence-electron chi connectivity index (χ2n) is 3.73. The Bertz CT molecular complexity index is 421. The van der Waals surface area contributed by atoms with Gasteiger partial charge < -0.3 is 10.0 Å². The van der Waals surface area contributed by atoms with E-state index in [1.807, 2.05) is 4.90 Å². The standard InChI is InChI=1S/C11H12N2O3/c14-9-2-5-13(6-3-9)10-7-8(11(15)16)1-4-12-10/h1,4,7H,2-3,5-6H2,(H,15,16). The van der Waals surface area contributed by atoms with Gasteiger partial charge in [-0.1, -0.05) is 0 Å². The molecule has 84 valence electrons. The fourth-order valence-corrected chi connectivity index (χ4v) is 1.71. The molecule has 0 unspecified atom stereocenters. The second-order valence-corrected chi connectivity index (χ2v) is 3.73. The van der Waals surface area contributed by atoms with Gasteiger partial charge in [-0.2, -0.15) is 0 Å². The lowest BCUT2D eigenvalue weighted by atomic mass is 10.1. The maximum atomic E-state index is 11.1. The van der Waals surface area contributed by atoms with E-state index < -0.39 is 5.97 Å². The first kappa shape index (κ1) is 10.6. The van der Waals surface area contributed by atoms with E-state index in [-0.39, 0.29) is 11.3 Å². The predicted octanol–water partition coefficient (Wildman–Crippen LogP) is 0.949. The number of ketones is 1. The number of piperidine rings is 1. The Kier molecular flexibility index (Phi) is 2.85. The highest BCUT2D eigenvalue weighted by Gasteiger charge is 2.18. The van der Waals surface area contributed by atoms with Crippen LogP contribution in [-0.4, -0.2) is 34.9 Å². The minimum atomic E-state index is -0.961.